The van der Waals surface area contributed by atoms with Crippen LogP contribution in [-0.2, 0) is 11.3 Å². The van der Waals surface area contributed by atoms with Crippen molar-refractivity contribution in [3.8, 4) is 0 Å². The molecule has 2 aromatic carbocycles. The zero-order valence-electron chi connectivity index (χ0n) is 12.9. The molecule has 0 saturated carbocycles. The van der Waals surface area contributed by atoms with Gasteiger partial charge in [-0.3, -0.25) is 9.59 Å². The van der Waals surface area contributed by atoms with E-state index >= 15 is 0 Å². The first-order chi connectivity index (χ1) is 11.1. The zero-order valence-corrected chi connectivity index (χ0v) is 12.9. The van der Waals surface area contributed by atoms with Crippen molar-refractivity contribution < 1.29 is 4.79 Å². The number of benzene rings is 2. The molecule has 0 radical (unpaired) electrons. The molecule has 116 valence electrons. The van der Waals surface area contributed by atoms with Gasteiger partial charge in [0.1, 0.15) is 6.54 Å². The Morgan fingerprint density at radius 1 is 1.04 bits per heavy atom. The summed E-state index contributed by atoms with van der Waals surface area (Å²) in [6.07, 6.45) is 1.66. The molecule has 0 spiro atoms. The average molecular weight is 306 g/mol. The van der Waals surface area contributed by atoms with E-state index in [0.717, 1.165) is 10.9 Å². The van der Waals surface area contributed by atoms with Gasteiger partial charge in [-0.2, -0.15) is 0 Å². The first-order valence-corrected chi connectivity index (χ1v) is 7.57. The van der Waals surface area contributed by atoms with Crippen molar-refractivity contribution in [1.29, 1.82) is 0 Å². The topological polar surface area (TPSA) is 51.1 Å². The van der Waals surface area contributed by atoms with E-state index in [-0.39, 0.29) is 24.1 Å². The van der Waals surface area contributed by atoms with E-state index in [4.69, 9.17) is 0 Å². The molecule has 1 heterocycles. The Labute approximate surface area is 134 Å². The number of aromatic nitrogens is 1. The molecule has 4 heteroatoms. The normalized spacial score (nSPS) is 12.0. The maximum Gasteiger partial charge on any atom is 0.258 e. The molecule has 0 aliphatic carbocycles. The number of pyridine rings is 1. The lowest BCUT2D eigenvalue weighted by Crippen LogP contribution is -2.33. The van der Waals surface area contributed by atoms with Crippen molar-refractivity contribution >= 4 is 16.7 Å². The predicted octanol–water partition coefficient (Wildman–Crippen LogP) is 2.88. The van der Waals surface area contributed by atoms with Crippen molar-refractivity contribution in [3.63, 3.8) is 0 Å². The smallest absolute Gasteiger partial charge is 0.258 e. The first kappa shape index (κ1) is 15.0. The minimum atomic E-state index is -0.182. The number of carbonyl (C=O) groups excluding carboxylic acids is 1. The lowest BCUT2D eigenvalue weighted by atomic mass is 10.1. The number of amides is 1. The van der Waals surface area contributed by atoms with Crippen molar-refractivity contribution in [3.05, 3.63) is 82.8 Å². The maximum atomic E-state index is 12.4. The SMILES string of the molecule is C[C@H](NC(=O)Cn1ccc2ccccc2c1=O)c1ccccc1. The third-order valence-electron chi connectivity index (χ3n) is 3.88. The van der Waals surface area contributed by atoms with E-state index in [1.54, 1.807) is 12.3 Å². The number of carbonyl (C=O) groups is 1. The Morgan fingerprint density at radius 2 is 1.74 bits per heavy atom. The van der Waals surface area contributed by atoms with Crippen LogP contribution in [0.4, 0.5) is 0 Å². The number of hydrogen-bond acceptors (Lipinski definition) is 2. The predicted molar refractivity (Wildman–Crippen MR) is 91.2 cm³/mol. The number of hydrogen-bond donors (Lipinski definition) is 1. The third-order valence-corrected chi connectivity index (χ3v) is 3.88. The van der Waals surface area contributed by atoms with Crippen LogP contribution in [0.3, 0.4) is 0 Å². The fourth-order valence-corrected chi connectivity index (χ4v) is 2.62. The Hall–Kier alpha value is -2.88. The number of nitrogens with one attached hydrogen (secondary N) is 1. The summed E-state index contributed by atoms with van der Waals surface area (Å²) in [6, 6.07) is 18.9. The summed E-state index contributed by atoms with van der Waals surface area (Å²) in [5.74, 6) is -0.182. The second-order valence-electron chi connectivity index (χ2n) is 5.54. The van der Waals surface area contributed by atoms with Gasteiger partial charge in [0, 0.05) is 11.6 Å². The quantitative estimate of drug-likeness (QED) is 0.806. The average Bonchev–Trinajstić information content (AvgIpc) is 2.58. The van der Waals surface area contributed by atoms with Crippen LogP contribution in [-0.4, -0.2) is 10.5 Å². The van der Waals surface area contributed by atoms with Crippen molar-refractivity contribution in [2.24, 2.45) is 0 Å². The van der Waals surface area contributed by atoms with E-state index < -0.39 is 0 Å². The molecule has 0 aliphatic rings. The second kappa shape index (κ2) is 6.48. The van der Waals surface area contributed by atoms with E-state index in [0.29, 0.717) is 5.39 Å². The fraction of sp³-hybridized carbons (Fsp3) is 0.158. The van der Waals surface area contributed by atoms with Crippen LogP contribution < -0.4 is 10.9 Å². The van der Waals surface area contributed by atoms with Crippen LogP contribution >= 0.6 is 0 Å². The van der Waals surface area contributed by atoms with Crippen LogP contribution in [0.25, 0.3) is 10.8 Å². The third kappa shape index (κ3) is 3.31. The Kier molecular flexibility index (Phi) is 4.24. The first-order valence-electron chi connectivity index (χ1n) is 7.57. The Morgan fingerprint density at radius 3 is 2.52 bits per heavy atom. The van der Waals surface area contributed by atoms with Gasteiger partial charge < -0.3 is 9.88 Å². The summed E-state index contributed by atoms with van der Waals surface area (Å²) in [6.45, 7) is 1.94. The fourth-order valence-electron chi connectivity index (χ4n) is 2.62. The van der Waals surface area contributed by atoms with E-state index in [9.17, 15) is 9.59 Å². The molecule has 1 aromatic heterocycles. The van der Waals surface area contributed by atoms with Gasteiger partial charge in [-0.25, -0.2) is 0 Å². The Balaban J connectivity index is 1.76. The number of nitrogens with zero attached hydrogens (tertiary/aromatic N) is 1. The summed E-state index contributed by atoms with van der Waals surface area (Å²) in [4.78, 5) is 24.6. The largest absolute Gasteiger partial charge is 0.348 e. The summed E-state index contributed by atoms with van der Waals surface area (Å²) in [5.41, 5.74) is 0.886. The lowest BCUT2D eigenvalue weighted by Gasteiger charge is -2.15. The van der Waals surface area contributed by atoms with Crippen LogP contribution in [0.2, 0.25) is 0 Å². The van der Waals surface area contributed by atoms with Crippen LogP contribution in [0.15, 0.2) is 71.7 Å². The number of fused-ring (bicyclic) bond motifs is 1. The second-order valence-corrected chi connectivity index (χ2v) is 5.54. The molecule has 3 rings (SSSR count). The van der Waals surface area contributed by atoms with Gasteiger partial charge in [0.15, 0.2) is 0 Å². The molecule has 23 heavy (non-hydrogen) atoms. The highest BCUT2D eigenvalue weighted by atomic mass is 16.2. The van der Waals surface area contributed by atoms with Gasteiger partial charge in [0.2, 0.25) is 5.91 Å². The highest BCUT2D eigenvalue weighted by Crippen LogP contribution is 2.11. The summed E-state index contributed by atoms with van der Waals surface area (Å²) < 4.78 is 1.44. The summed E-state index contributed by atoms with van der Waals surface area (Å²) in [5, 5.41) is 4.43. The summed E-state index contributed by atoms with van der Waals surface area (Å²) in [7, 11) is 0. The van der Waals surface area contributed by atoms with E-state index in [1.165, 1.54) is 4.57 Å². The molecule has 1 N–H and O–H groups in total. The molecule has 0 bridgehead atoms. The lowest BCUT2D eigenvalue weighted by molar-refractivity contribution is -0.122. The molecular weight excluding hydrogens is 288 g/mol. The molecular formula is C19H18N2O2. The molecule has 0 fully saturated rings. The molecule has 1 amide bonds. The number of rotatable bonds is 4. The Bertz CT molecular complexity index is 885. The monoisotopic (exact) mass is 306 g/mol. The van der Waals surface area contributed by atoms with Crippen molar-refractivity contribution in [2.45, 2.75) is 19.5 Å². The minimum absolute atomic E-state index is 0.0147. The van der Waals surface area contributed by atoms with Gasteiger partial charge >= 0.3 is 0 Å². The molecule has 0 saturated heterocycles. The van der Waals surface area contributed by atoms with Crippen LogP contribution in [0.5, 0.6) is 0 Å². The van der Waals surface area contributed by atoms with Crippen molar-refractivity contribution in [2.75, 3.05) is 0 Å². The maximum absolute atomic E-state index is 12.4. The highest BCUT2D eigenvalue weighted by Gasteiger charge is 2.11. The molecule has 0 unspecified atom stereocenters. The zero-order chi connectivity index (χ0) is 16.2. The van der Waals surface area contributed by atoms with E-state index in [1.807, 2.05) is 61.5 Å². The van der Waals surface area contributed by atoms with Gasteiger partial charge in [0.25, 0.3) is 5.56 Å². The molecule has 1 atom stereocenters. The van der Waals surface area contributed by atoms with Crippen LogP contribution in [0, 0.1) is 0 Å². The van der Waals surface area contributed by atoms with Crippen LogP contribution in [0.1, 0.15) is 18.5 Å². The highest BCUT2D eigenvalue weighted by molar-refractivity contribution is 5.82. The van der Waals surface area contributed by atoms with Gasteiger partial charge in [-0.1, -0.05) is 48.5 Å². The standard InChI is InChI=1S/C19H18N2O2/c1-14(15-7-3-2-4-8-15)20-18(22)13-21-12-11-16-9-5-6-10-17(16)19(21)23/h2-12,14H,13H2,1H3,(H,20,22)/t14-/m0/s1. The van der Waals surface area contributed by atoms with Gasteiger partial charge in [-0.15, -0.1) is 0 Å². The van der Waals surface area contributed by atoms with Gasteiger partial charge in [-0.05, 0) is 30.0 Å². The van der Waals surface area contributed by atoms with Gasteiger partial charge in [0.05, 0.1) is 6.04 Å². The van der Waals surface area contributed by atoms with Crippen molar-refractivity contribution in [1.82, 2.24) is 9.88 Å². The van der Waals surface area contributed by atoms with E-state index in [2.05, 4.69) is 5.32 Å². The molecule has 0 aliphatic heterocycles. The molecule has 3 aromatic rings. The summed E-state index contributed by atoms with van der Waals surface area (Å²) >= 11 is 0. The molecule has 4 nitrogen and oxygen atoms in total. The minimum Gasteiger partial charge on any atom is -0.348 e.